The number of aromatic nitrogens is 1. The zero-order valence-corrected chi connectivity index (χ0v) is 37.9. The molecule has 2 heteroatoms. The lowest BCUT2D eigenvalue weighted by Crippen LogP contribution is -2.16. The van der Waals surface area contributed by atoms with Crippen LogP contribution < -0.4 is 4.90 Å². The molecule has 0 saturated carbocycles. The van der Waals surface area contributed by atoms with Gasteiger partial charge in [0.05, 0.1) is 11.0 Å². The molecule has 8 aromatic carbocycles. The van der Waals surface area contributed by atoms with E-state index in [0.717, 1.165) is 39.4 Å². The Labute approximate surface area is 389 Å². The first-order chi connectivity index (χ1) is 32.3. The van der Waals surface area contributed by atoms with E-state index in [1.165, 1.54) is 71.9 Å². The van der Waals surface area contributed by atoms with Crippen molar-refractivity contribution in [1.29, 1.82) is 0 Å². The van der Waals surface area contributed by atoms with Gasteiger partial charge >= 0.3 is 0 Å². The summed E-state index contributed by atoms with van der Waals surface area (Å²) in [5.74, 6) is 0. The summed E-state index contributed by atoms with van der Waals surface area (Å²) in [6, 6.07) is 68.7. The Balaban J connectivity index is 1.04. The Morgan fingerprint density at radius 2 is 1.00 bits per heavy atom. The van der Waals surface area contributed by atoms with Gasteiger partial charge in [0.25, 0.3) is 0 Å². The van der Waals surface area contributed by atoms with Crippen LogP contribution in [0.5, 0.6) is 0 Å². The van der Waals surface area contributed by atoms with Crippen LogP contribution in [0.3, 0.4) is 0 Å². The van der Waals surface area contributed by atoms with E-state index in [2.05, 4.69) is 249 Å². The third-order valence-corrected chi connectivity index (χ3v) is 13.3. The molecular formula is C64H52N2. The molecule has 9 aromatic rings. The van der Waals surface area contributed by atoms with Crippen molar-refractivity contribution in [1.82, 2.24) is 4.57 Å². The molecular weight excluding hydrogens is 797 g/mol. The lowest BCUT2D eigenvalue weighted by molar-refractivity contribution is 0.655. The lowest BCUT2D eigenvalue weighted by atomic mass is 9.80. The number of hydrogen-bond acceptors (Lipinski definition) is 1. The van der Waals surface area contributed by atoms with E-state index in [1.54, 1.807) is 0 Å². The summed E-state index contributed by atoms with van der Waals surface area (Å²) in [7, 11) is 0. The van der Waals surface area contributed by atoms with Crippen LogP contribution >= 0.6 is 0 Å². The predicted octanol–water partition coefficient (Wildman–Crippen LogP) is 17.8. The molecule has 0 aliphatic heterocycles. The zero-order chi connectivity index (χ0) is 45.4. The topological polar surface area (TPSA) is 8.17 Å². The Hall–Kier alpha value is -8.20. The number of fused-ring (bicyclic) bond motifs is 4. The minimum absolute atomic E-state index is 0.155. The van der Waals surface area contributed by atoms with Gasteiger partial charge in [-0.05, 0) is 153 Å². The molecule has 0 bridgehead atoms. The van der Waals surface area contributed by atoms with Crippen molar-refractivity contribution in [2.75, 3.05) is 4.90 Å². The second-order valence-corrected chi connectivity index (χ2v) is 17.5. The fourth-order valence-electron chi connectivity index (χ4n) is 9.97. The highest BCUT2D eigenvalue weighted by Gasteiger charge is 2.35. The van der Waals surface area contributed by atoms with Crippen molar-refractivity contribution in [3.63, 3.8) is 0 Å². The molecule has 318 valence electrons. The lowest BCUT2D eigenvalue weighted by Gasteiger charge is -2.26. The van der Waals surface area contributed by atoms with E-state index < -0.39 is 0 Å². The molecule has 1 aromatic heterocycles. The van der Waals surface area contributed by atoms with Crippen LogP contribution in [0.15, 0.2) is 250 Å². The second kappa shape index (κ2) is 17.4. The summed E-state index contributed by atoms with van der Waals surface area (Å²) in [5, 5.41) is 2.46. The summed E-state index contributed by atoms with van der Waals surface area (Å²) in [4.78, 5) is 2.34. The number of allylic oxidation sites excluding steroid dienone is 9. The number of hydrogen-bond donors (Lipinski definition) is 0. The summed E-state index contributed by atoms with van der Waals surface area (Å²) < 4.78 is 2.38. The second-order valence-electron chi connectivity index (χ2n) is 17.5. The van der Waals surface area contributed by atoms with E-state index in [9.17, 15) is 0 Å². The van der Waals surface area contributed by atoms with Crippen molar-refractivity contribution in [2.24, 2.45) is 0 Å². The Bertz CT molecular complexity index is 3390. The molecule has 0 spiro atoms. The van der Waals surface area contributed by atoms with Gasteiger partial charge in [-0.1, -0.05) is 179 Å². The Morgan fingerprint density at radius 1 is 0.515 bits per heavy atom. The molecule has 0 amide bonds. The van der Waals surface area contributed by atoms with Gasteiger partial charge in [0.2, 0.25) is 0 Å². The monoisotopic (exact) mass is 848 g/mol. The molecule has 0 unspecified atom stereocenters. The van der Waals surface area contributed by atoms with Gasteiger partial charge in [0.1, 0.15) is 0 Å². The molecule has 66 heavy (non-hydrogen) atoms. The van der Waals surface area contributed by atoms with Crippen molar-refractivity contribution >= 4 is 50.0 Å². The van der Waals surface area contributed by atoms with Gasteiger partial charge < -0.3 is 9.47 Å². The zero-order valence-electron chi connectivity index (χ0n) is 37.9. The van der Waals surface area contributed by atoms with Crippen molar-refractivity contribution in [2.45, 2.75) is 26.2 Å². The van der Waals surface area contributed by atoms with Crippen molar-refractivity contribution < 1.29 is 0 Å². The third kappa shape index (κ3) is 7.37. The van der Waals surface area contributed by atoms with Crippen LogP contribution in [0.1, 0.15) is 37.5 Å². The summed E-state index contributed by atoms with van der Waals surface area (Å²) in [6.07, 6.45) is 12.0. The van der Waals surface area contributed by atoms with Crippen molar-refractivity contribution in [3.8, 4) is 39.1 Å². The fraction of sp³-hybridized carbons (Fsp3) is 0.0625. The van der Waals surface area contributed by atoms with E-state index in [4.69, 9.17) is 0 Å². The number of para-hydroxylation sites is 1. The minimum atomic E-state index is -0.155. The maximum Gasteiger partial charge on any atom is 0.0541 e. The smallest absolute Gasteiger partial charge is 0.0541 e. The highest BCUT2D eigenvalue weighted by Crippen LogP contribution is 2.48. The number of rotatable bonds is 12. The first-order valence-electron chi connectivity index (χ1n) is 22.7. The SMILES string of the molecule is C=C/C=C(\C=C/C)c1ccc(N(c2ccc(-c3ccc4c(c3)C(C)(C)C(C=C)=C4C=C)cc2)c2ccc(-c3ccc4c(c3)c3cc(-c5ccccc5)ccc3n4-c3ccccc3)cc2)cc1. The summed E-state index contributed by atoms with van der Waals surface area (Å²) in [5.41, 5.74) is 20.9. The average molecular weight is 849 g/mol. The van der Waals surface area contributed by atoms with E-state index >= 15 is 0 Å². The molecule has 1 aliphatic carbocycles. The normalized spacial score (nSPS) is 13.3. The standard InChI is InChI=1S/C64H52N2/c1-7-17-44(18-8-2)46-23-32-53(33-24-46)65(55-36-27-48(28-37-55)51-29-38-57-56(9-3)60(10-4)64(5,6)61(57)43-51)54-34-25-47(26-35-54)50-31-40-63-59(42-50)58-41-49(45-19-13-11-14-20-45)30-39-62(58)66(63)52-21-15-12-16-22-52/h7-43H,1,3-4H2,2,5-6H3/b18-8-,44-17+. The minimum Gasteiger partial charge on any atom is -0.311 e. The van der Waals surface area contributed by atoms with Crippen LogP contribution in [0.4, 0.5) is 17.1 Å². The molecule has 1 aliphatic rings. The molecule has 0 saturated heterocycles. The highest BCUT2D eigenvalue weighted by molar-refractivity contribution is 6.11. The quantitative estimate of drug-likeness (QED) is 0.111. The predicted molar refractivity (Wildman–Crippen MR) is 285 cm³/mol. The van der Waals surface area contributed by atoms with Crippen molar-refractivity contribution in [3.05, 3.63) is 267 Å². The molecule has 0 radical (unpaired) electrons. The number of anilines is 3. The van der Waals surface area contributed by atoms with Crippen LogP contribution in [-0.4, -0.2) is 4.57 Å². The largest absolute Gasteiger partial charge is 0.311 e. The maximum atomic E-state index is 4.15. The molecule has 0 fully saturated rings. The van der Waals surface area contributed by atoms with E-state index in [0.29, 0.717) is 0 Å². The van der Waals surface area contributed by atoms with Gasteiger partial charge in [-0.25, -0.2) is 0 Å². The number of nitrogens with zero attached hydrogens (tertiary/aromatic N) is 2. The molecule has 0 atom stereocenters. The van der Waals surface area contributed by atoms with Crippen LogP contribution in [-0.2, 0) is 5.41 Å². The summed E-state index contributed by atoms with van der Waals surface area (Å²) >= 11 is 0. The highest BCUT2D eigenvalue weighted by atomic mass is 15.1. The Morgan fingerprint density at radius 3 is 1.52 bits per heavy atom. The van der Waals surface area contributed by atoms with Gasteiger partial charge in [0.15, 0.2) is 0 Å². The van der Waals surface area contributed by atoms with Crippen LogP contribution in [0, 0.1) is 0 Å². The first-order valence-corrected chi connectivity index (χ1v) is 22.7. The maximum absolute atomic E-state index is 4.15. The van der Waals surface area contributed by atoms with Gasteiger partial charge in [-0.15, -0.1) is 0 Å². The van der Waals surface area contributed by atoms with E-state index in [1.807, 2.05) is 25.2 Å². The first kappa shape index (κ1) is 41.8. The molecule has 10 rings (SSSR count). The van der Waals surface area contributed by atoms with E-state index in [-0.39, 0.29) is 5.41 Å². The van der Waals surface area contributed by atoms with Gasteiger partial charge in [0, 0.05) is 38.9 Å². The molecule has 2 nitrogen and oxygen atoms in total. The van der Waals surface area contributed by atoms with Gasteiger partial charge in [-0.3, -0.25) is 0 Å². The summed E-state index contributed by atoms with van der Waals surface area (Å²) in [6.45, 7) is 18.8. The van der Waals surface area contributed by atoms with Gasteiger partial charge in [-0.2, -0.15) is 0 Å². The van der Waals surface area contributed by atoms with Crippen LogP contribution in [0.2, 0.25) is 0 Å². The average Bonchev–Trinajstić information content (AvgIpc) is 3.81. The molecule has 1 heterocycles. The molecule has 0 N–H and O–H groups in total. The van der Waals surface area contributed by atoms with Crippen LogP contribution in [0.25, 0.3) is 72.0 Å². The Kier molecular flexibility index (Phi) is 11.0. The number of benzene rings is 8. The third-order valence-electron chi connectivity index (χ3n) is 13.3. The fourth-order valence-corrected chi connectivity index (χ4v) is 9.97.